The summed E-state index contributed by atoms with van der Waals surface area (Å²) in [7, 11) is 0. The second kappa shape index (κ2) is 4.47. The quantitative estimate of drug-likeness (QED) is 0.832. The Labute approximate surface area is 96.6 Å². The van der Waals surface area contributed by atoms with E-state index in [2.05, 4.69) is 9.97 Å². The standard InChI is InChI=1S/C11H9ClN2O2/c12-10-9(16)5-7(6-15)14-11(10)8-3-1-2-4-13-8/h1-5,15H,6H2,(H,14,16). The van der Waals surface area contributed by atoms with Crippen molar-refractivity contribution < 1.29 is 5.11 Å². The van der Waals surface area contributed by atoms with Gasteiger partial charge >= 0.3 is 0 Å². The van der Waals surface area contributed by atoms with Crippen molar-refractivity contribution in [1.82, 2.24) is 9.97 Å². The summed E-state index contributed by atoms with van der Waals surface area (Å²) >= 11 is 5.89. The van der Waals surface area contributed by atoms with Crippen molar-refractivity contribution in [1.29, 1.82) is 0 Å². The maximum atomic E-state index is 11.5. The summed E-state index contributed by atoms with van der Waals surface area (Å²) in [4.78, 5) is 18.5. The summed E-state index contributed by atoms with van der Waals surface area (Å²) in [6, 6.07) is 6.57. The van der Waals surface area contributed by atoms with E-state index < -0.39 is 0 Å². The molecule has 0 amide bonds. The highest BCUT2D eigenvalue weighted by Crippen LogP contribution is 2.20. The van der Waals surface area contributed by atoms with E-state index in [0.717, 1.165) is 0 Å². The summed E-state index contributed by atoms with van der Waals surface area (Å²) in [5.74, 6) is 0. The van der Waals surface area contributed by atoms with E-state index in [9.17, 15) is 4.79 Å². The molecule has 16 heavy (non-hydrogen) atoms. The Morgan fingerprint density at radius 1 is 1.44 bits per heavy atom. The molecule has 0 aliphatic heterocycles. The minimum atomic E-state index is -0.329. The lowest BCUT2D eigenvalue weighted by molar-refractivity contribution is 0.277. The second-order valence-electron chi connectivity index (χ2n) is 3.22. The molecule has 0 unspecified atom stereocenters. The van der Waals surface area contributed by atoms with Crippen molar-refractivity contribution in [2.45, 2.75) is 6.61 Å². The highest BCUT2D eigenvalue weighted by molar-refractivity contribution is 6.32. The van der Waals surface area contributed by atoms with Gasteiger partial charge in [-0.25, -0.2) is 0 Å². The molecule has 0 spiro atoms. The molecule has 0 saturated heterocycles. The molecule has 82 valence electrons. The van der Waals surface area contributed by atoms with Gasteiger partial charge in [0.1, 0.15) is 5.02 Å². The molecule has 0 radical (unpaired) electrons. The predicted octanol–water partition coefficient (Wildman–Crippen LogP) is 1.58. The number of aliphatic hydroxyl groups excluding tert-OH is 1. The number of halogens is 1. The molecule has 2 aromatic rings. The maximum Gasteiger partial charge on any atom is 0.201 e. The first-order chi connectivity index (χ1) is 7.72. The topological polar surface area (TPSA) is 66.0 Å². The van der Waals surface area contributed by atoms with Gasteiger partial charge in [-0.05, 0) is 12.1 Å². The van der Waals surface area contributed by atoms with Crippen molar-refractivity contribution >= 4 is 11.6 Å². The summed E-state index contributed by atoms with van der Waals surface area (Å²) < 4.78 is 0. The fourth-order valence-electron chi connectivity index (χ4n) is 1.37. The largest absolute Gasteiger partial charge is 0.390 e. The number of aromatic amines is 1. The van der Waals surface area contributed by atoms with E-state index in [1.807, 2.05) is 0 Å². The fourth-order valence-corrected chi connectivity index (χ4v) is 1.57. The first kappa shape index (κ1) is 10.9. The number of H-pyrrole nitrogens is 1. The number of nitrogens with zero attached hydrogens (tertiary/aromatic N) is 1. The van der Waals surface area contributed by atoms with Crippen molar-refractivity contribution in [3.05, 3.63) is 51.4 Å². The maximum absolute atomic E-state index is 11.5. The van der Waals surface area contributed by atoms with Gasteiger partial charge in [0.2, 0.25) is 5.43 Å². The Morgan fingerprint density at radius 3 is 2.88 bits per heavy atom. The molecule has 2 N–H and O–H groups in total. The highest BCUT2D eigenvalue weighted by Gasteiger charge is 2.09. The minimum Gasteiger partial charge on any atom is -0.390 e. The Bertz CT molecular complexity index is 552. The highest BCUT2D eigenvalue weighted by atomic mass is 35.5. The van der Waals surface area contributed by atoms with Crippen molar-refractivity contribution in [2.24, 2.45) is 0 Å². The monoisotopic (exact) mass is 236 g/mol. The summed E-state index contributed by atoms with van der Waals surface area (Å²) in [5.41, 5.74) is 1.08. The predicted molar refractivity (Wildman–Crippen MR) is 61.2 cm³/mol. The van der Waals surface area contributed by atoms with Crippen LogP contribution in [0.15, 0.2) is 35.3 Å². The van der Waals surface area contributed by atoms with Gasteiger partial charge in [0.25, 0.3) is 0 Å². The van der Waals surface area contributed by atoms with Crippen LogP contribution in [0.1, 0.15) is 5.69 Å². The van der Waals surface area contributed by atoms with Crippen molar-refractivity contribution in [3.63, 3.8) is 0 Å². The average Bonchev–Trinajstić information content (AvgIpc) is 2.33. The molecule has 2 aromatic heterocycles. The Hall–Kier alpha value is -1.65. The number of pyridine rings is 2. The number of nitrogens with one attached hydrogen (secondary N) is 1. The van der Waals surface area contributed by atoms with Gasteiger partial charge in [0.05, 0.1) is 18.0 Å². The van der Waals surface area contributed by atoms with Gasteiger partial charge < -0.3 is 10.1 Å². The third kappa shape index (κ3) is 1.98. The van der Waals surface area contributed by atoms with Gasteiger partial charge in [0.15, 0.2) is 0 Å². The Balaban J connectivity index is 2.65. The van der Waals surface area contributed by atoms with Crippen molar-refractivity contribution in [2.75, 3.05) is 0 Å². The lowest BCUT2D eigenvalue weighted by Crippen LogP contribution is -2.07. The molecule has 0 atom stereocenters. The molecule has 2 rings (SSSR count). The SMILES string of the molecule is O=c1cc(CO)[nH]c(-c2ccccn2)c1Cl. The molecule has 5 heteroatoms. The van der Waals surface area contributed by atoms with E-state index in [4.69, 9.17) is 16.7 Å². The summed E-state index contributed by atoms with van der Waals surface area (Å²) in [6.45, 7) is -0.244. The van der Waals surface area contributed by atoms with Crippen LogP contribution in [-0.2, 0) is 6.61 Å². The zero-order valence-corrected chi connectivity index (χ0v) is 9.03. The van der Waals surface area contributed by atoms with Crippen LogP contribution in [0.4, 0.5) is 0 Å². The molecule has 2 heterocycles. The van der Waals surface area contributed by atoms with Crippen molar-refractivity contribution in [3.8, 4) is 11.4 Å². The number of aromatic nitrogens is 2. The minimum absolute atomic E-state index is 0.0795. The molecule has 0 aliphatic carbocycles. The normalized spacial score (nSPS) is 10.4. The summed E-state index contributed by atoms with van der Waals surface area (Å²) in [5, 5.41) is 9.07. The number of hydrogen-bond donors (Lipinski definition) is 2. The van der Waals surface area contributed by atoms with E-state index >= 15 is 0 Å². The first-order valence-corrected chi connectivity index (χ1v) is 5.04. The van der Waals surface area contributed by atoms with Gasteiger partial charge in [-0.3, -0.25) is 9.78 Å². The van der Waals surface area contributed by atoms with Gasteiger partial charge in [-0.15, -0.1) is 0 Å². The Kier molecular flexibility index (Phi) is 3.03. The van der Waals surface area contributed by atoms with Gasteiger partial charge in [0, 0.05) is 18.0 Å². The first-order valence-electron chi connectivity index (χ1n) is 4.66. The molecular formula is C11H9ClN2O2. The number of rotatable bonds is 2. The van der Waals surface area contributed by atoms with Crippen LogP contribution in [0, 0.1) is 0 Å². The lowest BCUT2D eigenvalue weighted by Gasteiger charge is -2.05. The van der Waals surface area contributed by atoms with Crippen LogP contribution in [0.3, 0.4) is 0 Å². The van der Waals surface area contributed by atoms with Crippen LogP contribution < -0.4 is 5.43 Å². The van der Waals surface area contributed by atoms with Crippen LogP contribution in [0.2, 0.25) is 5.02 Å². The average molecular weight is 237 g/mol. The molecule has 0 saturated carbocycles. The molecule has 0 fully saturated rings. The fraction of sp³-hybridized carbons (Fsp3) is 0.0909. The molecule has 0 bridgehead atoms. The van der Waals surface area contributed by atoms with E-state index in [1.54, 1.807) is 24.4 Å². The van der Waals surface area contributed by atoms with E-state index in [-0.39, 0.29) is 17.1 Å². The smallest absolute Gasteiger partial charge is 0.201 e. The molecule has 0 aromatic carbocycles. The second-order valence-corrected chi connectivity index (χ2v) is 3.60. The van der Waals surface area contributed by atoms with E-state index in [0.29, 0.717) is 17.1 Å². The zero-order chi connectivity index (χ0) is 11.5. The van der Waals surface area contributed by atoms with Gasteiger partial charge in [-0.2, -0.15) is 0 Å². The molecular weight excluding hydrogens is 228 g/mol. The van der Waals surface area contributed by atoms with Crippen LogP contribution in [-0.4, -0.2) is 15.1 Å². The van der Waals surface area contributed by atoms with Gasteiger partial charge in [-0.1, -0.05) is 17.7 Å². The van der Waals surface area contributed by atoms with Crippen LogP contribution >= 0.6 is 11.6 Å². The number of aliphatic hydroxyl groups is 1. The lowest BCUT2D eigenvalue weighted by atomic mass is 10.2. The third-order valence-corrected chi connectivity index (χ3v) is 2.49. The van der Waals surface area contributed by atoms with Crippen LogP contribution in [0.25, 0.3) is 11.4 Å². The zero-order valence-electron chi connectivity index (χ0n) is 8.27. The third-order valence-electron chi connectivity index (χ3n) is 2.12. The number of hydrogen-bond acceptors (Lipinski definition) is 3. The molecule has 0 aliphatic rings. The molecule has 4 nitrogen and oxygen atoms in total. The summed E-state index contributed by atoms with van der Waals surface area (Å²) in [6.07, 6.45) is 1.61. The van der Waals surface area contributed by atoms with Crippen LogP contribution in [0.5, 0.6) is 0 Å². The van der Waals surface area contributed by atoms with E-state index in [1.165, 1.54) is 6.07 Å². The Morgan fingerprint density at radius 2 is 2.25 bits per heavy atom.